The summed E-state index contributed by atoms with van der Waals surface area (Å²) in [5.41, 5.74) is 5.43. The third kappa shape index (κ3) is 2.76. The lowest BCUT2D eigenvalue weighted by atomic mass is 9.95. The molecule has 2 rings (SSSR count). The number of amides is 2. The number of hydrogen-bond donors (Lipinski definition) is 2. The van der Waals surface area contributed by atoms with Gasteiger partial charge in [0.15, 0.2) is 0 Å². The number of ether oxygens (including phenoxy) is 1. The maximum atomic E-state index is 12.3. The topological polar surface area (TPSA) is 81.4 Å². The Bertz CT molecular complexity index is 506. The summed E-state index contributed by atoms with van der Waals surface area (Å²) in [4.78, 5) is 23.7. The summed E-state index contributed by atoms with van der Waals surface area (Å²) in [5, 5.41) is 2.80. The van der Waals surface area contributed by atoms with Gasteiger partial charge in [0, 0.05) is 0 Å². The van der Waals surface area contributed by atoms with E-state index in [9.17, 15) is 9.59 Å². The summed E-state index contributed by atoms with van der Waals surface area (Å²) >= 11 is 0. The van der Waals surface area contributed by atoms with Gasteiger partial charge >= 0.3 is 0 Å². The molecule has 0 bridgehead atoms. The summed E-state index contributed by atoms with van der Waals surface area (Å²) < 4.78 is 5.10. The van der Waals surface area contributed by atoms with Gasteiger partial charge in [0.25, 0.3) is 0 Å². The Labute approximate surface area is 118 Å². The van der Waals surface area contributed by atoms with Crippen molar-refractivity contribution in [3.63, 3.8) is 0 Å². The zero-order chi connectivity index (χ0) is 14.8. The molecule has 5 heteroatoms. The van der Waals surface area contributed by atoms with Crippen molar-refractivity contribution >= 4 is 11.8 Å². The number of nitrogens with two attached hydrogens (primary N) is 1. The van der Waals surface area contributed by atoms with Crippen LogP contribution in [0.15, 0.2) is 24.3 Å². The van der Waals surface area contributed by atoms with Crippen LogP contribution in [0.4, 0.5) is 0 Å². The normalized spacial score (nSPS) is 17.1. The first kappa shape index (κ1) is 14.4. The number of methoxy groups -OCH3 is 1. The van der Waals surface area contributed by atoms with E-state index >= 15 is 0 Å². The van der Waals surface area contributed by atoms with Crippen molar-refractivity contribution in [2.24, 2.45) is 5.73 Å². The first-order chi connectivity index (χ1) is 9.52. The smallest absolute Gasteiger partial charge is 0.243 e. The minimum Gasteiger partial charge on any atom is -0.497 e. The highest BCUT2D eigenvalue weighted by Crippen LogP contribution is 2.36. The van der Waals surface area contributed by atoms with Crippen molar-refractivity contribution in [3.8, 4) is 5.75 Å². The van der Waals surface area contributed by atoms with E-state index in [-0.39, 0.29) is 11.8 Å². The molecule has 0 radical (unpaired) electrons. The predicted molar refractivity (Wildman–Crippen MR) is 75.3 cm³/mol. The molecule has 1 aliphatic rings. The van der Waals surface area contributed by atoms with E-state index in [2.05, 4.69) is 5.32 Å². The Balaban J connectivity index is 2.11. The molecule has 0 aliphatic heterocycles. The fraction of sp³-hybridized carbons (Fsp3) is 0.467. The molecular weight excluding hydrogens is 256 g/mol. The fourth-order valence-electron chi connectivity index (χ4n) is 2.29. The van der Waals surface area contributed by atoms with Gasteiger partial charge in [-0.3, -0.25) is 9.59 Å². The molecule has 108 valence electrons. The highest BCUT2D eigenvalue weighted by atomic mass is 16.5. The number of benzene rings is 1. The van der Waals surface area contributed by atoms with Crippen LogP contribution >= 0.6 is 0 Å². The van der Waals surface area contributed by atoms with Crippen LogP contribution in [0.25, 0.3) is 0 Å². The molecule has 0 unspecified atom stereocenters. The number of rotatable bonds is 6. The Hall–Kier alpha value is -2.04. The van der Waals surface area contributed by atoms with E-state index in [0.717, 1.165) is 11.3 Å². The molecule has 2 amide bonds. The molecule has 1 aliphatic carbocycles. The van der Waals surface area contributed by atoms with Crippen LogP contribution in [0.5, 0.6) is 5.75 Å². The molecule has 0 spiro atoms. The van der Waals surface area contributed by atoms with E-state index in [1.165, 1.54) is 0 Å². The number of carbonyl (C=O) groups excluding carboxylic acids is 2. The monoisotopic (exact) mass is 276 g/mol. The van der Waals surface area contributed by atoms with Gasteiger partial charge in [-0.1, -0.05) is 19.1 Å². The average Bonchev–Trinajstić information content (AvgIpc) is 3.21. The van der Waals surface area contributed by atoms with Crippen LogP contribution in [-0.2, 0) is 9.59 Å². The first-order valence-corrected chi connectivity index (χ1v) is 6.78. The molecule has 1 aromatic rings. The van der Waals surface area contributed by atoms with Crippen molar-refractivity contribution in [1.82, 2.24) is 5.32 Å². The summed E-state index contributed by atoms with van der Waals surface area (Å²) in [6.45, 7) is 1.94. The number of nitrogens with one attached hydrogen (secondary N) is 1. The average molecular weight is 276 g/mol. The van der Waals surface area contributed by atoms with Crippen LogP contribution in [0.1, 0.15) is 37.7 Å². The largest absolute Gasteiger partial charge is 0.497 e. The van der Waals surface area contributed by atoms with Crippen molar-refractivity contribution in [3.05, 3.63) is 29.8 Å². The molecule has 1 aromatic carbocycles. The zero-order valence-electron chi connectivity index (χ0n) is 11.8. The van der Waals surface area contributed by atoms with Crippen LogP contribution in [-0.4, -0.2) is 24.5 Å². The molecule has 3 N–H and O–H groups in total. The van der Waals surface area contributed by atoms with Crippen LogP contribution in [0.3, 0.4) is 0 Å². The van der Waals surface area contributed by atoms with Gasteiger partial charge in [-0.25, -0.2) is 0 Å². The first-order valence-electron chi connectivity index (χ1n) is 6.78. The van der Waals surface area contributed by atoms with Crippen molar-refractivity contribution in [1.29, 1.82) is 0 Å². The molecule has 1 atom stereocenters. The van der Waals surface area contributed by atoms with Crippen molar-refractivity contribution < 1.29 is 14.3 Å². The Morgan fingerprint density at radius 3 is 2.35 bits per heavy atom. The number of primary amides is 1. The predicted octanol–water partition coefficient (Wildman–Crippen LogP) is 1.32. The molecule has 20 heavy (non-hydrogen) atoms. The lowest BCUT2D eigenvalue weighted by Gasteiger charge is -2.20. The van der Waals surface area contributed by atoms with Crippen LogP contribution < -0.4 is 15.8 Å². The van der Waals surface area contributed by atoms with Gasteiger partial charge in [-0.2, -0.15) is 0 Å². The minimum absolute atomic E-state index is 0.144. The van der Waals surface area contributed by atoms with Gasteiger partial charge in [0.2, 0.25) is 11.8 Å². The highest BCUT2D eigenvalue weighted by Gasteiger charge is 2.50. The van der Waals surface area contributed by atoms with E-state index in [4.69, 9.17) is 10.5 Å². The second kappa shape index (κ2) is 5.53. The molecular formula is C15H20N2O3. The lowest BCUT2D eigenvalue weighted by Crippen LogP contribution is -2.48. The molecule has 0 aromatic heterocycles. The van der Waals surface area contributed by atoms with E-state index < -0.39 is 11.4 Å². The standard InChI is InChI=1S/C15H20N2O3/c1-3-12(10-4-6-11(20-2)7-5-10)13(18)17-15(8-9-15)14(16)19/h4-7,12H,3,8-9H2,1-2H3,(H2,16,19)(H,17,18)/t12-/m1/s1. The molecule has 5 nitrogen and oxygen atoms in total. The van der Waals surface area contributed by atoms with E-state index in [0.29, 0.717) is 19.3 Å². The quantitative estimate of drug-likeness (QED) is 0.822. The lowest BCUT2D eigenvalue weighted by molar-refractivity contribution is -0.129. The van der Waals surface area contributed by atoms with Gasteiger partial charge in [-0.15, -0.1) is 0 Å². The summed E-state index contributed by atoms with van der Waals surface area (Å²) in [6, 6.07) is 7.39. The molecule has 1 fully saturated rings. The van der Waals surface area contributed by atoms with E-state index in [1.54, 1.807) is 7.11 Å². The Kier molecular flexibility index (Phi) is 3.97. The molecule has 0 saturated heterocycles. The Morgan fingerprint density at radius 1 is 1.35 bits per heavy atom. The van der Waals surface area contributed by atoms with Gasteiger partial charge in [0.1, 0.15) is 11.3 Å². The Morgan fingerprint density at radius 2 is 1.95 bits per heavy atom. The molecule has 0 heterocycles. The number of carbonyl (C=O) groups is 2. The third-order valence-corrected chi connectivity index (χ3v) is 3.83. The molecule has 1 saturated carbocycles. The maximum absolute atomic E-state index is 12.3. The SMILES string of the molecule is CC[C@@H](C(=O)NC1(C(N)=O)CC1)c1ccc(OC)cc1. The minimum atomic E-state index is -0.809. The fourth-order valence-corrected chi connectivity index (χ4v) is 2.29. The third-order valence-electron chi connectivity index (χ3n) is 3.83. The van der Waals surface area contributed by atoms with Gasteiger partial charge in [0.05, 0.1) is 13.0 Å². The summed E-state index contributed by atoms with van der Waals surface area (Å²) in [5.74, 6) is -0.123. The van der Waals surface area contributed by atoms with Crippen LogP contribution in [0, 0.1) is 0 Å². The second-order valence-electron chi connectivity index (χ2n) is 5.17. The summed E-state index contributed by atoms with van der Waals surface area (Å²) in [7, 11) is 1.60. The van der Waals surface area contributed by atoms with Crippen molar-refractivity contribution in [2.75, 3.05) is 7.11 Å². The van der Waals surface area contributed by atoms with Gasteiger partial charge in [-0.05, 0) is 37.0 Å². The van der Waals surface area contributed by atoms with Crippen molar-refractivity contribution in [2.45, 2.75) is 37.6 Å². The second-order valence-corrected chi connectivity index (χ2v) is 5.17. The number of hydrogen-bond acceptors (Lipinski definition) is 3. The zero-order valence-corrected chi connectivity index (χ0v) is 11.8. The van der Waals surface area contributed by atoms with E-state index in [1.807, 2.05) is 31.2 Å². The maximum Gasteiger partial charge on any atom is 0.243 e. The van der Waals surface area contributed by atoms with Gasteiger partial charge < -0.3 is 15.8 Å². The highest BCUT2D eigenvalue weighted by molar-refractivity contribution is 5.95. The summed E-state index contributed by atoms with van der Waals surface area (Å²) in [6.07, 6.45) is 1.92. The van der Waals surface area contributed by atoms with Crippen LogP contribution in [0.2, 0.25) is 0 Å².